The molecule has 124 valence electrons. The first-order valence-corrected chi connectivity index (χ1v) is 7.01. The zero-order valence-electron chi connectivity index (χ0n) is 12.0. The molecule has 0 amide bonds. The number of nitrogens with zero attached hydrogens (tertiary/aromatic N) is 1. The summed E-state index contributed by atoms with van der Waals surface area (Å²) in [5.74, 6) is -1.62. The fourth-order valence-corrected chi connectivity index (χ4v) is 2.62. The fourth-order valence-electron chi connectivity index (χ4n) is 2.62. The van der Waals surface area contributed by atoms with E-state index in [1.165, 1.54) is 6.07 Å². The molecular formula is C15H14F3NO4. The minimum Gasteiger partial charge on any atom is -0.478 e. The van der Waals surface area contributed by atoms with Crippen LogP contribution in [-0.4, -0.2) is 49.7 Å². The lowest BCUT2D eigenvalue weighted by Crippen LogP contribution is -2.40. The largest absolute Gasteiger partial charge is 0.478 e. The number of carboxylic acids is 1. The third kappa shape index (κ3) is 3.12. The predicted molar refractivity (Wildman–Crippen MR) is 75.6 cm³/mol. The molecule has 0 aromatic heterocycles. The number of ether oxygens (including phenoxy) is 2. The monoisotopic (exact) mass is 329 g/mol. The topological polar surface area (TPSA) is 59.0 Å². The summed E-state index contributed by atoms with van der Waals surface area (Å²) in [5.41, 5.74) is 0.304. The second-order valence-corrected chi connectivity index (χ2v) is 5.27. The number of carboxylic acid groups (broad SMARTS) is 1. The minimum atomic E-state index is -4.79. The molecule has 0 saturated carbocycles. The van der Waals surface area contributed by atoms with Crippen LogP contribution in [0.3, 0.4) is 0 Å². The van der Waals surface area contributed by atoms with E-state index in [0.29, 0.717) is 31.9 Å². The number of aliphatic carboxylic acids is 1. The lowest BCUT2D eigenvalue weighted by atomic mass is 10.0. The van der Waals surface area contributed by atoms with Crippen molar-refractivity contribution in [3.8, 4) is 5.75 Å². The van der Waals surface area contributed by atoms with E-state index in [2.05, 4.69) is 0 Å². The third-order valence-corrected chi connectivity index (χ3v) is 3.75. The highest BCUT2D eigenvalue weighted by molar-refractivity contribution is 5.95. The third-order valence-electron chi connectivity index (χ3n) is 3.75. The van der Waals surface area contributed by atoms with Gasteiger partial charge in [0, 0.05) is 24.3 Å². The molecule has 1 unspecified atom stereocenters. The molecular weight excluding hydrogens is 315 g/mol. The minimum absolute atomic E-state index is 0.0225. The summed E-state index contributed by atoms with van der Waals surface area (Å²) in [7, 11) is 0. The van der Waals surface area contributed by atoms with E-state index < -0.39 is 23.8 Å². The van der Waals surface area contributed by atoms with Crippen molar-refractivity contribution in [3.05, 3.63) is 29.3 Å². The van der Waals surface area contributed by atoms with Gasteiger partial charge < -0.3 is 19.5 Å². The van der Waals surface area contributed by atoms with Gasteiger partial charge in [-0.1, -0.05) is 0 Å². The summed E-state index contributed by atoms with van der Waals surface area (Å²) >= 11 is 0. The second-order valence-electron chi connectivity index (χ2n) is 5.27. The van der Waals surface area contributed by atoms with Crippen LogP contribution >= 0.6 is 0 Å². The summed E-state index contributed by atoms with van der Waals surface area (Å²) in [6.45, 7) is 2.47. The van der Waals surface area contributed by atoms with Crippen LogP contribution in [0.5, 0.6) is 5.75 Å². The number of morpholine rings is 1. The molecule has 0 aliphatic carbocycles. The Labute approximate surface area is 129 Å². The Morgan fingerprint density at radius 2 is 1.96 bits per heavy atom. The number of rotatable bonds is 2. The molecule has 1 aromatic carbocycles. The number of hydrogen-bond acceptors (Lipinski definition) is 4. The van der Waals surface area contributed by atoms with E-state index in [4.69, 9.17) is 14.6 Å². The molecule has 1 saturated heterocycles. The van der Waals surface area contributed by atoms with Gasteiger partial charge in [-0.15, -0.1) is 0 Å². The van der Waals surface area contributed by atoms with Crippen molar-refractivity contribution in [2.45, 2.75) is 12.3 Å². The Kier molecular flexibility index (Phi) is 3.93. The molecule has 8 heteroatoms. The molecule has 1 N–H and O–H groups in total. The molecule has 2 heterocycles. The average Bonchev–Trinajstić information content (AvgIpc) is 2.53. The second kappa shape index (κ2) is 5.77. The van der Waals surface area contributed by atoms with Crippen molar-refractivity contribution in [1.82, 2.24) is 0 Å². The number of alkyl halides is 3. The van der Waals surface area contributed by atoms with Crippen LogP contribution in [0.25, 0.3) is 6.08 Å². The SMILES string of the molecule is O=C(O)C1=Cc2cc(N3CCOCC3)ccc2OC1C(F)(F)F. The maximum Gasteiger partial charge on any atom is 0.430 e. The van der Waals surface area contributed by atoms with Crippen molar-refractivity contribution in [2.24, 2.45) is 0 Å². The van der Waals surface area contributed by atoms with Crippen LogP contribution in [0, 0.1) is 0 Å². The number of hydrogen-bond donors (Lipinski definition) is 1. The molecule has 2 aliphatic rings. The van der Waals surface area contributed by atoms with Gasteiger partial charge in [-0.05, 0) is 24.3 Å². The molecule has 1 fully saturated rings. The van der Waals surface area contributed by atoms with Crippen molar-refractivity contribution in [3.63, 3.8) is 0 Å². The zero-order valence-corrected chi connectivity index (χ0v) is 12.0. The zero-order chi connectivity index (χ0) is 16.6. The Morgan fingerprint density at radius 1 is 1.26 bits per heavy atom. The maximum absolute atomic E-state index is 13.0. The lowest BCUT2D eigenvalue weighted by Gasteiger charge is -2.31. The number of benzene rings is 1. The summed E-state index contributed by atoms with van der Waals surface area (Å²) in [4.78, 5) is 13.2. The Balaban J connectivity index is 1.96. The van der Waals surface area contributed by atoms with E-state index in [1.807, 2.05) is 4.90 Å². The van der Waals surface area contributed by atoms with E-state index in [1.54, 1.807) is 12.1 Å². The van der Waals surface area contributed by atoms with E-state index in [9.17, 15) is 18.0 Å². The van der Waals surface area contributed by atoms with Gasteiger partial charge in [-0.25, -0.2) is 4.79 Å². The molecule has 2 aliphatic heterocycles. The van der Waals surface area contributed by atoms with Gasteiger partial charge in [-0.2, -0.15) is 13.2 Å². The predicted octanol–water partition coefficient (Wildman–Crippen LogP) is 2.31. The summed E-state index contributed by atoms with van der Waals surface area (Å²) in [6, 6.07) is 4.74. The van der Waals surface area contributed by atoms with Crippen molar-refractivity contribution in [2.75, 3.05) is 31.2 Å². The molecule has 5 nitrogen and oxygen atoms in total. The number of halogens is 3. The first-order chi connectivity index (χ1) is 10.9. The van der Waals surface area contributed by atoms with Gasteiger partial charge in [0.25, 0.3) is 0 Å². The fraction of sp³-hybridized carbons (Fsp3) is 0.400. The maximum atomic E-state index is 13.0. The smallest absolute Gasteiger partial charge is 0.430 e. The standard InChI is InChI=1S/C15H14F3NO4/c16-15(17,18)13-11(14(20)21)8-9-7-10(1-2-12(9)23-13)19-3-5-22-6-4-19/h1-2,7-8,13H,3-6H2,(H,20,21). The van der Waals surface area contributed by atoms with Crippen molar-refractivity contribution < 1.29 is 32.5 Å². The van der Waals surface area contributed by atoms with Gasteiger partial charge >= 0.3 is 12.1 Å². The van der Waals surface area contributed by atoms with Crippen LogP contribution in [0.4, 0.5) is 18.9 Å². The molecule has 1 atom stereocenters. The first-order valence-electron chi connectivity index (χ1n) is 7.01. The van der Waals surface area contributed by atoms with E-state index in [-0.39, 0.29) is 5.75 Å². The lowest BCUT2D eigenvalue weighted by molar-refractivity contribution is -0.187. The molecule has 0 radical (unpaired) electrons. The van der Waals surface area contributed by atoms with Crippen LogP contribution in [0.1, 0.15) is 5.56 Å². The van der Waals surface area contributed by atoms with Gasteiger partial charge in [0.1, 0.15) is 5.75 Å². The summed E-state index contributed by atoms with van der Waals surface area (Å²) < 4.78 is 49.0. The van der Waals surface area contributed by atoms with Crippen molar-refractivity contribution in [1.29, 1.82) is 0 Å². The van der Waals surface area contributed by atoms with Crippen LogP contribution in [0.15, 0.2) is 23.8 Å². The number of carbonyl (C=O) groups is 1. The number of anilines is 1. The Bertz CT molecular complexity index is 651. The summed E-state index contributed by atoms with van der Waals surface area (Å²) in [6.07, 6.45) is -6.21. The highest BCUT2D eigenvalue weighted by Crippen LogP contribution is 2.38. The normalized spacial score (nSPS) is 21.3. The van der Waals surface area contributed by atoms with Gasteiger partial charge in [0.15, 0.2) is 0 Å². The summed E-state index contributed by atoms with van der Waals surface area (Å²) in [5, 5.41) is 9.04. The average molecular weight is 329 g/mol. The van der Waals surface area contributed by atoms with E-state index in [0.717, 1.165) is 11.8 Å². The van der Waals surface area contributed by atoms with Crippen LogP contribution in [-0.2, 0) is 9.53 Å². The van der Waals surface area contributed by atoms with Crippen LogP contribution in [0.2, 0.25) is 0 Å². The highest BCUT2D eigenvalue weighted by atomic mass is 19.4. The molecule has 1 aromatic rings. The highest BCUT2D eigenvalue weighted by Gasteiger charge is 2.48. The molecule has 0 bridgehead atoms. The quantitative estimate of drug-likeness (QED) is 0.902. The van der Waals surface area contributed by atoms with Crippen LogP contribution < -0.4 is 9.64 Å². The Hall–Kier alpha value is -2.22. The first kappa shape index (κ1) is 15.7. The van der Waals surface area contributed by atoms with Gasteiger partial charge in [-0.3, -0.25) is 0 Å². The van der Waals surface area contributed by atoms with E-state index >= 15 is 0 Å². The van der Waals surface area contributed by atoms with Crippen molar-refractivity contribution >= 4 is 17.7 Å². The molecule has 0 spiro atoms. The van der Waals surface area contributed by atoms with Gasteiger partial charge in [0.05, 0.1) is 18.8 Å². The molecule has 3 rings (SSSR count). The van der Waals surface area contributed by atoms with Gasteiger partial charge in [0.2, 0.25) is 6.10 Å². The molecule has 23 heavy (non-hydrogen) atoms. The Morgan fingerprint density at radius 3 is 2.57 bits per heavy atom. The number of fused-ring (bicyclic) bond motifs is 1.